The molecule has 2 aromatic rings. The molecule has 2 N–H and O–H groups in total. The van der Waals surface area contributed by atoms with Gasteiger partial charge in [-0.25, -0.2) is 4.79 Å². The summed E-state index contributed by atoms with van der Waals surface area (Å²) in [7, 11) is 7.51. The van der Waals surface area contributed by atoms with Crippen molar-refractivity contribution in [2.24, 2.45) is 5.92 Å². The number of carbonyl (C=O) groups is 1. The summed E-state index contributed by atoms with van der Waals surface area (Å²) < 4.78 is 26.4. The van der Waals surface area contributed by atoms with Gasteiger partial charge in [0.15, 0.2) is 23.0 Å². The molecule has 0 fully saturated rings. The quantitative estimate of drug-likeness (QED) is 0.262. The van der Waals surface area contributed by atoms with Gasteiger partial charge in [0.25, 0.3) is 0 Å². The molecular weight excluding hydrogens is 488 g/mol. The van der Waals surface area contributed by atoms with Crippen molar-refractivity contribution in [3.63, 3.8) is 0 Å². The number of benzene rings is 2. The van der Waals surface area contributed by atoms with Crippen LogP contribution >= 0.6 is 0 Å². The molecule has 0 saturated heterocycles. The van der Waals surface area contributed by atoms with Crippen LogP contribution in [0.1, 0.15) is 48.2 Å². The highest BCUT2D eigenvalue weighted by molar-refractivity contribution is 5.92. The molecule has 0 saturated carbocycles. The molecule has 208 valence electrons. The number of esters is 1. The van der Waals surface area contributed by atoms with E-state index in [1.807, 2.05) is 26.0 Å². The van der Waals surface area contributed by atoms with Gasteiger partial charge in [-0.3, -0.25) is 0 Å². The molecule has 9 heteroatoms. The van der Waals surface area contributed by atoms with Crippen molar-refractivity contribution in [3.05, 3.63) is 47.0 Å². The first-order valence-corrected chi connectivity index (χ1v) is 12.6. The Morgan fingerprint density at radius 3 is 2.11 bits per heavy atom. The van der Waals surface area contributed by atoms with Crippen molar-refractivity contribution < 1.29 is 33.6 Å². The second kappa shape index (κ2) is 14.5. The minimum Gasteiger partial charge on any atom is -0.493 e. The van der Waals surface area contributed by atoms with Gasteiger partial charge >= 0.3 is 5.97 Å². The normalized spacial score (nSPS) is 13.3. The van der Waals surface area contributed by atoms with Crippen molar-refractivity contribution in [1.82, 2.24) is 5.32 Å². The SMILES string of the molecule is COC(=O)c1cc(OC)c(OC)cc1CCNCCC(O)CC(C#N)(c1ccc(OC)c(OC)c1)C(C)C. The van der Waals surface area contributed by atoms with Gasteiger partial charge in [0.2, 0.25) is 0 Å². The van der Waals surface area contributed by atoms with E-state index in [9.17, 15) is 15.2 Å². The van der Waals surface area contributed by atoms with Gasteiger partial charge in [-0.15, -0.1) is 0 Å². The molecule has 0 radical (unpaired) electrons. The molecule has 2 aromatic carbocycles. The number of nitriles is 1. The van der Waals surface area contributed by atoms with Crippen LogP contribution in [-0.2, 0) is 16.6 Å². The van der Waals surface area contributed by atoms with Gasteiger partial charge in [-0.05, 0) is 73.7 Å². The first kappa shape index (κ1) is 30.7. The largest absolute Gasteiger partial charge is 0.493 e. The first-order chi connectivity index (χ1) is 18.2. The van der Waals surface area contributed by atoms with E-state index >= 15 is 0 Å². The lowest BCUT2D eigenvalue weighted by atomic mass is 9.69. The highest BCUT2D eigenvalue weighted by atomic mass is 16.5. The third kappa shape index (κ3) is 7.09. The Labute approximate surface area is 225 Å². The van der Waals surface area contributed by atoms with Crippen LogP contribution in [0.5, 0.6) is 23.0 Å². The predicted octanol–water partition coefficient (Wildman–Crippen LogP) is 3.90. The molecule has 2 unspecified atom stereocenters. The molecule has 0 aliphatic carbocycles. The molecule has 0 aliphatic rings. The number of methoxy groups -OCH3 is 5. The monoisotopic (exact) mass is 528 g/mol. The number of aliphatic hydroxyl groups excluding tert-OH is 1. The topological polar surface area (TPSA) is 119 Å². The molecule has 0 spiro atoms. The lowest BCUT2D eigenvalue weighted by Gasteiger charge is -2.33. The summed E-state index contributed by atoms with van der Waals surface area (Å²) in [5.41, 5.74) is 1.06. The lowest BCUT2D eigenvalue weighted by Crippen LogP contribution is -2.36. The minimum absolute atomic E-state index is 0.0463. The fraction of sp³-hybridized carbons (Fsp3) is 0.517. The Bertz CT molecular complexity index is 1110. The zero-order valence-corrected chi connectivity index (χ0v) is 23.4. The highest BCUT2D eigenvalue weighted by Crippen LogP contribution is 2.40. The average molecular weight is 529 g/mol. The summed E-state index contributed by atoms with van der Waals surface area (Å²) in [6.45, 7) is 5.06. The molecule has 0 aromatic heterocycles. The number of aliphatic hydroxyl groups is 1. The van der Waals surface area contributed by atoms with Crippen LogP contribution in [0.2, 0.25) is 0 Å². The smallest absolute Gasteiger partial charge is 0.338 e. The summed E-state index contributed by atoms with van der Waals surface area (Å²) >= 11 is 0. The third-order valence-corrected chi connectivity index (χ3v) is 6.88. The van der Waals surface area contributed by atoms with Crippen LogP contribution in [0.3, 0.4) is 0 Å². The standard InChI is InChI=1S/C29H40N2O7/c1-19(2)29(18-30,21-8-9-24(34-3)26(15-21)36-5)17-22(32)11-13-31-12-10-20-14-25(35-4)27(37-6)16-23(20)28(33)38-7/h8-9,14-16,19,22,31-32H,10-13,17H2,1-7H3. The summed E-state index contributed by atoms with van der Waals surface area (Å²) in [6, 6.07) is 11.3. The Kier molecular flexibility index (Phi) is 11.7. The first-order valence-electron chi connectivity index (χ1n) is 12.6. The summed E-state index contributed by atoms with van der Waals surface area (Å²) in [5.74, 6) is 1.61. The van der Waals surface area contributed by atoms with E-state index in [2.05, 4.69) is 11.4 Å². The molecule has 38 heavy (non-hydrogen) atoms. The van der Waals surface area contributed by atoms with Crippen molar-refractivity contribution in [3.8, 4) is 29.1 Å². The van der Waals surface area contributed by atoms with Gasteiger partial charge in [0.05, 0.1) is 58.7 Å². The molecule has 0 aliphatic heterocycles. The molecule has 0 heterocycles. The number of nitrogens with zero attached hydrogens (tertiary/aromatic N) is 1. The second-order valence-electron chi connectivity index (χ2n) is 9.31. The zero-order valence-electron chi connectivity index (χ0n) is 23.4. The Morgan fingerprint density at radius 1 is 0.947 bits per heavy atom. The number of hydrogen-bond acceptors (Lipinski definition) is 9. The Morgan fingerprint density at radius 2 is 1.55 bits per heavy atom. The van der Waals surface area contributed by atoms with Crippen LogP contribution in [-0.4, -0.2) is 65.8 Å². The zero-order chi connectivity index (χ0) is 28.3. The van der Waals surface area contributed by atoms with E-state index in [1.54, 1.807) is 39.5 Å². The Hall–Kier alpha value is -3.48. The third-order valence-electron chi connectivity index (χ3n) is 6.88. The number of ether oxygens (including phenoxy) is 5. The molecule has 2 rings (SSSR count). The molecule has 0 amide bonds. The molecule has 2 atom stereocenters. The van der Waals surface area contributed by atoms with Gasteiger partial charge in [0, 0.05) is 0 Å². The van der Waals surface area contributed by atoms with Crippen LogP contribution in [0.15, 0.2) is 30.3 Å². The predicted molar refractivity (Wildman–Crippen MR) is 144 cm³/mol. The fourth-order valence-electron chi connectivity index (χ4n) is 4.56. The average Bonchev–Trinajstić information content (AvgIpc) is 2.94. The van der Waals surface area contributed by atoms with Gasteiger partial charge in [0.1, 0.15) is 0 Å². The summed E-state index contributed by atoms with van der Waals surface area (Å²) in [6.07, 6.45) is 0.574. The molecule has 9 nitrogen and oxygen atoms in total. The van der Waals surface area contributed by atoms with E-state index in [1.165, 1.54) is 14.2 Å². The minimum atomic E-state index is -0.895. The van der Waals surface area contributed by atoms with E-state index < -0.39 is 17.5 Å². The van der Waals surface area contributed by atoms with Crippen molar-refractivity contribution in [2.75, 3.05) is 48.6 Å². The van der Waals surface area contributed by atoms with E-state index in [0.29, 0.717) is 54.5 Å². The van der Waals surface area contributed by atoms with Crippen LogP contribution in [0.4, 0.5) is 0 Å². The fourth-order valence-corrected chi connectivity index (χ4v) is 4.56. The summed E-state index contributed by atoms with van der Waals surface area (Å²) in [5, 5.41) is 24.5. The Balaban J connectivity index is 2.05. The second-order valence-corrected chi connectivity index (χ2v) is 9.31. The van der Waals surface area contributed by atoms with Crippen LogP contribution < -0.4 is 24.3 Å². The highest BCUT2D eigenvalue weighted by Gasteiger charge is 2.38. The molecular formula is C29H40N2O7. The van der Waals surface area contributed by atoms with Crippen molar-refractivity contribution >= 4 is 5.97 Å². The number of carbonyl (C=O) groups excluding carboxylic acids is 1. The van der Waals surface area contributed by atoms with Gasteiger partial charge in [-0.2, -0.15) is 5.26 Å². The number of nitrogens with one attached hydrogen (secondary N) is 1. The van der Waals surface area contributed by atoms with Crippen LogP contribution in [0.25, 0.3) is 0 Å². The number of rotatable bonds is 15. The van der Waals surface area contributed by atoms with E-state index in [4.69, 9.17) is 23.7 Å². The van der Waals surface area contributed by atoms with E-state index in [-0.39, 0.29) is 12.3 Å². The van der Waals surface area contributed by atoms with E-state index in [0.717, 1.165) is 11.1 Å². The maximum atomic E-state index is 12.3. The summed E-state index contributed by atoms with van der Waals surface area (Å²) in [4.78, 5) is 12.3. The maximum absolute atomic E-state index is 12.3. The van der Waals surface area contributed by atoms with Crippen molar-refractivity contribution in [1.29, 1.82) is 5.26 Å². The van der Waals surface area contributed by atoms with Crippen molar-refractivity contribution in [2.45, 2.75) is 44.6 Å². The maximum Gasteiger partial charge on any atom is 0.338 e. The van der Waals surface area contributed by atoms with Crippen LogP contribution in [0, 0.1) is 17.2 Å². The molecule has 0 bridgehead atoms. The van der Waals surface area contributed by atoms with Gasteiger partial charge in [-0.1, -0.05) is 19.9 Å². The number of hydrogen-bond donors (Lipinski definition) is 2. The lowest BCUT2D eigenvalue weighted by molar-refractivity contribution is 0.0599. The van der Waals surface area contributed by atoms with Gasteiger partial charge < -0.3 is 34.1 Å².